The van der Waals surface area contributed by atoms with Crippen molar-refractivity contribution in [3.63, 3.8) is 0 Å². The van der Waals surface area contributed by atoms with Crippen molar-refractivity contribution in [2.24, 2.45) is 0 Å². The van der Waals surface area contributed by atoms with Crippen LogP contribution < -0.4 is 0 Å². The number of allylic oxidation sites excluding steroid dienone is 6. The summed E-state index contributed by atoms with van der Waals surface area (Å²) in [6.07, 6.45) is 10.9. The molecule has 4 rings (SSSR count). The van der Waals surface area contributed by atoms with Crippen LogP contribution in [0.4, 0.5) is 13.2 Å². The molecule has 0 atom stereocenters. The summed E-state index contributed by atoms with van der Waals surface area (Å²) in [5.74, 6) is 0. The smallest absolute Gasteiger partial charge is 0.319 e. The number of halogens is 3. The zero-order valence-corrected chi connectivity index (χ0v) is 18.3. The van der Waals surface area contributed by atoms with Crippen LogP contribution in [-0.4, -0.2) is 9.97 Å². The van der Waals surface area contributed by atoms with Crippen molar-refractivity contribution in [3.8, 4) is 0 Å². The predicted octanol–water partition coefficient (Wildman–Crippen LogP) is 6.37. The van der Waals surface area contributed by atoms with Gasteiger partial charge in [0.2, 0.25) is 0 Å². The molecule has 0 saturated heterocycles. The Morgan fingerprint density at radius 2 is 1.57 bits per heavy atom. The second kappa shape index (κ2) is 14.2. The van der Waals surface area contributed by atoms with E-state index in [-0.39, 0.29) is 20.1 Å². The molecule has 1 aliphatic rings. The molecule has 0 N–H and O–H groups in total. The molecule has 3 aromatic rings. The molecule has 1 aromatic carbocycles. The zero-order valence-electron chi connectivity index (χ0n) is 15.9. The van der Waals surface area contributed by atoms with Crippen molar-refractivity contribution >= 4 is 5.57 Å². The van der Waals surface area contributed by atoms with E-state index in [1.165, 1.54) is 6.07 Å². The molecule has 0 spiro atoms. The fourth-order valence-corrected chi connectivity index (χ4v) is 2.10. The van der Waals surface area contributed by atoms with E-state index < -0.39 is 11.7 Å². The van der Waals surface area contributed by atoms with Gasteiger partial charge < -0.3 is 4.98 Å². The van der Waals surface area contributed by atoms with Gasteiger partial charge >= 0.3 is 6.18 Å². The van der Waals surface area contributed by atoms with Crippen LogP contribution in [0, 0.1) is 12.1 Å². The maximum absolute atomic E-state index is 12.3. The van der Waals surface area contributed by atoms with Crippen molar-refractivity contribution in [3.05, 3.63) is 127 Å². The van der Waals surface area contributed by atoms with E-state index in [1.54, 1.807) is 18.5 Å². The first-order valence-electron chi connectivity index (χ1n) is 8.81. The Balaban J connectivity index is 0.000000283. The van der Waals surface area contributed by atoms with Crippen LogP contribution in [0.3, 0.4) is 0 Å². The molecule has 157 valence electrons. The first-order valence-corrected chi connectivity index (χ1v) is 8.81. The van der Waals surface area contributed by atoms with Gasteiger partial charge in [0.1, 0.15) is 0 Å². The third-order valence-corrected chi connectivity index (χ3v) is 3.50. The predicted molar refractivity (Wildman–Crippen MR) is 108 cm³/mol. The first-order chi connectivity index (χ1) is 14.1. The largest absolute Gasteiger partial charge is 0.417 e. The number of pyridine rings is 2. The minimum Gasteiger partial charge on any atom is -0.319 e. The maximum atomic E-state index is 12.3. The van der Waals surface area contributed by atoms with Gasteiger partial charge in [-0.25, -0.2) is 0 Å². The summed E-state index contributed by atoms with van der Waals surface area (Å²) in [6, 6.07) is 20.6. The van der Waals surface area contributed by atoms with Crippen molar-refractivity contribution in [2.45, 2.75) is 12.6 Å². The number of benzene rings is 1. The molecular weight excluding hydrogens is 565 g/mol. The average molecular weight is 585 g/mol. The fraction of sp³-hybridized carbons (Fsp3) is 0.0833. The van der Waals surface area contributed by atoms with Gasteiger partial charge in [0.25, 0.3) is 0 Å². The first kappa shape index (κ1) is 25.2. The van der Waals surface area contributed by atoms with Crippen molar-refractivity contribution in [2.75, 3.05) is 0 Å². The summed E-state index contributed by atoms with van der Waals surface area (Å²) >= 11 is 0. The normalized spacial score (nSPS) is 12.0. The van der Waals surface area contributed by atoms with E-state index >= 15 is 0 Å². The van der Waals surface area contributed by atoms with Gasteiger partial charge in [-0.2, -0.15) is 67.8 Å². The number of rotatable bonds is 1. The monoisotopic (exact) mass is 585 g/mol. The maximum Gasteiger partial charge on any atom is 0.417 e. The summed E-state index contributed by atoms with van der Waals surface area (Å²) in [6.45, 7) is 0. The Morgan fingerprint density at radius 3 is 2.00 bits per heavy atom. The van der Waals surface area contributed by atoms with Gasteiger partial charge in [-0.3, -0.25) is 4.98 Å². The summed E-state index contributed by atoms with van der Waals surface area (Å²) < 4.78 is 37.0. The number of hydrogen-bond donors (Lipinski definition) is 0. The Morgan fingerprint density at radius 1 is 0.867 bits per heavy atom. The Kier molecular flexibility index (Phi) is 11.9. The molecular formula is C24H19F3IrN2-2. The van der Waals surface area contributed by atoms with Crippen LogP contribution in [0.15, 0.2) is 104 Å². The van der Waals surface area contributed by atoms with E-state index in [1.807, 2.05) is 66.8 Å². The van der Waals surface area contributed by atoms with E-state index in [0.29, 0.717) is 12.1 Å². The van der Waals surface area contributed by atoms with Crippen molar-refractivity contribution in [1.29, 1.82) is 0 Å². The van der Waals surface area contributed by atoms with Gasteiger partial charge in [-0.15, -0.1) is 11.6 Å². The van der Waals surface area contributed by atoms with E-state index in [9.17, 15) is 13.2 Å². The zero-order chi connectivity index (χ0) is 20.8. The summed E-state index contributed by atoms with van der Waals surface area (Å²) in [4.78, 5) is 7.61. The SMILES string of the molecule is FC(F)(F)c1ccc(C2=[C-]C=CC=CC2)nc1.[Ir].[c-]1ccccc1.c1ccncc1. The fourth-order valence-electron chi connectivity index (χ4n) is 2.10. The molecule has 30 heavy (non-hydrogen) atoms. The Labute approximate surface area is 188 Å². The van der Waals surface area contributed by atoms with Crippen LogP contribution in [-0.2, 0) is 26.3 Å². The molecule has 6 heteroatoms. The van der Waals surface area contributed by atoms with E-state index in [0.717, 1.165) is 17.8 Å². The minimum atomic E-state index is -4.34. The Hall–Kier alpha value is -2.82. The third-order valence-electron chi connectivity index (χ3n) is 3.50. The van der Waals surface area contributed by atoms with Crippen LogP contribution in [0.2, 0.25) is 0 Å². The van der Waals surface area contributed by atoms with Crippen LogP contribution >= 0.6 is 0 Å². The number of alkyl halides is 3. The molecule has 2 heterocycles. The average Bonchev–Trinajstić information content (AvgIpc) is 3.06. The van der Waals surface area contributed by atoms with Crippen LogP contribution in [0.25, 0.3) is 5.57 Å². The summed E-state index contributed by atoms with van der Waals surface area (Å²) in [5.41, 5.74) is 0.569. The molecule has 0 amide bonds. The molecule has 0 unspecified atom stereocenters. The van der Waals surface area contributed by atoms with E-state index in [2.05, 4.69) is 22.1 Å². The number of aromatic nitrogens is 2. The van der Waals surface area contributed by atoms with Crippen molar-refractivity contribution < 1.29 is 33.3 Å². The van der Waals surface area contributed by atoms with Gasteiger partial charge in [0.15, 0.2) is 0 Å². The molecule has 2 aromatic heterocycles. The second-order valence-electron chi connectivity index (χ2n) is 5.65. The molecule has 0 aliphatic heterocycles. The third kappa shape index (κ3) is 10.1. The minimum absolute atomic E-state index is 0. The summed E-state index contributed by atoms with van der Waals surface area (Å²) in [5, 5.41) is 0. The van der Waals surface area contributed by atoms with Crippen molar-refractivity contribution in [1.82, 2.24) is 9.97 Å². The van der Waals surface area contributed by atoms with E-state index in [4.69, 9.17) is 0 Å². The molecule has 1 aliphatic carbocycles. The van der Waals surface area contributed by atoms with Gasteiger partial charge in [0, 0.05) is 38.7 Å². The van der Waals surface area contributed by atoms with Gasteiger partial charge in [-0.05, 0) is 24.2 Å². The number of hydrogen-bond acceptors (Lipinski definition) is 2. The van der Waals surface area contributed by atoms with Gasteiger partial charge in [0.05, 0.1) is 5.56 Å². The molecule has 0 saturated carbocycles. The van der Waals surface area contributed by atoms with Crippen LogP contribution in [0.5, 0.6) is 0 Å². The standard InChI is InChI=1S/C13H9F3N.C6H5.C5H5N.Ir/c14-13(15,16)11-7-8-12(17-9-11)10-5-3-1-2-4-6-10;2*1-2-4-6-5-3-1;/h1-4,7-9H,5H2;2*1-5H;/q2*-1;;. The van der Waals surface area contributed by atoms with Crippen LogP contribution in [0.1, 0.15) is 17.7 Å². The number of nitrogens with zero attached hydrogens (tertiary/aromatic N) is 2. The topological polar surface area (TPSA) is 25.8 Å². The van der Waals surface area contributed by atoms with Gasteiger partial charge in [-0.1, -0.05) is 24.3 Å². The quantitative estimate of drug-likeness (QED) is 0.311. The molecule has 1 radical (unpaired) electrons. The summed E-state index contributed by atoms with van der Waals surface area (Å²) in [7, 11) is 0. The molecule has 0 fully saturated rings. The second-order valence-corrected chi connectivity index (χ2v) is 5.65. The molecule has 0 bridgehead atoms. The Bertz CT molecular complexity index is 820. The molecule has 2 nitrogen and oxygen atoms in total.